The summed E-state index contributed by atoms with van der Waals surface area (Å²) in [4.78, 5) is 11.7. The van der Waals surface area contributed by atoms with Gasteiger partial charge in [0.1, 0.15) is 0 Å². The summed E-state index contributed by atoms with van der Waals surface area (Å²) in [5, 5.41) is 0. The predicted molar refractivity (Wildman–Crippen MR) is 62.0 cm³/mol. The average molecular weight is 213 g/mol. The molecule has 3 nitrogen and oxygen atoms in total. The molecular weight excluding hydrogens is 198 g/mol. The van der Waals surface area contributed by atoms with Crippen LogP contribution in [0.1, 0.15) is 23.4 Å². The number of hydrogen-bond donors (Lipinski definition) is 1. The van der Waals surface area contributed by atoms with E-state index in [4.69, 9.17) is 0 Å². The van der Waals surface area contributed by atoms with E-state index in [0.717, 1.165) is 25.2 Å². The molecule has 82 valence electrons. The number of aromatic amines is 1. The number of imidazole rings is 1. The highest BCUT2D eigenvalue weighted by Crippen LogP contribution is 2.25. The molecule has 2 aromatic heterocycles. The van der Waals surface area contributed by atoms with Crippen LogP contribution < -0.4 is 0 Å². The van der Waals surface area contributed by atoms with Crippen LogP contribution in [0.3, 0.4) is 0 Å². The quantitative estimate of drug-likeness (QED) is 0.830. The normalized spacial score (nSPS) is 19.4. The Bertz CT molecular complexity index is 462. The Kier molecular flexibility index (Phi) is 2.44. The van der Waals surface area contributed by atoms with Crippen LogP contribution in [0.15, 0.2) is 30.9 Å². The minimum Gasteiger partial charge on any atom is -0.348 e. The van der Waals surface area contributed by atoms with E-state index < -0.39 is 0 Å². The highest BCUT2D eigenvalue weighted by Gasteiger charge is 2.19. The van der Waals surface area contributed by atoms with Gasteiger partial charge in [-0.05, 0) is 43.2 Å². The molecule has 0 amide bonds. The molecule has 0 fully saturated rings. The first kappa shape index (κ1) is 9.58. The van der Waals surface area contributed by atoms with Gasteiger partial charge in [-0.1, -0.05) is 6.07 Å². The molecule has 1 N–H and O–H groups in total. The van der Waals surface area contributed by atoms with Crippen LogP contribution in [0.25, 0.3) is 0 Å². The number of aromatic nitrogens is 3. The van der Waals surface area contributed by atoms with Crippen LogP contribution in [-0.2, 0) is 19.3 Å². The van der Waals surface area contributed by atoms with Crippen molar-refractivity contribution in [1.82, 2.24) is 15.0 Å². The summed E-state index contributed by atoms with van der Waals surface area (Å²) in [6, 6.07) is 4.25. The summed E-state index contributed by atoms with van der Waals surface area (Å²) >= 11 is 0. The highest BCUT2D eigenvalue weighted by atomic mass is 14.9. The predicted octanol–water partition coefficient (Wildman–Crippen LogP) is 2.15. The zero-order valence-corrected chi connectivity index (χ0v) is 9.19. The monoisotopic (exact) mass is 213 g/mol. The molecule has 1 aliphatic carbocycles. The van der Waals surface area contributed by atoms with Gasteiger partial charge in [-0.15, -0.1) is 0 Å². The van der Waals surface area contributed by atoms with Crippen LogP contribution in [0, 0.1) is 5.92 Å². The summed E-state index contributed by atoms with van der Waals surface area (Å²) in [5.41, 5.74) is 3.97. The Hall–Kier alpha value is -1.64. The van der Waals surface area contributed by atoms with Crippen LogP contribution in [0.2, 0.25) is 0 Å². The van der Waals surface area contributed by atoms with E-state index in [1.165, 1.54) is 23.4 Å². The first-order chi connectivity index (χ1) is 7.92. The molecule has 3 heteroatoms. The van der Waals surface area contributed by atoms with Crippen molar-refractivity contribution in [3.63, 3.8) is 0 Å². The fourth-order valence-electron chi connectivity index (χ4n) is 2.52. The number of H-pyrrole nitrogens is 1. The second-order valence-electron chi connectivity index (χ2n) is 4.50. The lowest BCUT2D eigenvalue weighted by Crippen LogP contribution is -2.17. The van der Waals surface area contributed by atoms with Crippen molar-refractivity contribution in [1.29, 1.82) is 0 Å². The second kappa shape index (κ2) is 4.08. The van der Waals surface area contributed by atoms with Gasteiger partial charge in [0.2, 0.25) is 0 Å². The van der Waals surface area contributed by atoms with Gasteiger partial charge in [0.15, 0.2) is 0 Å². The maximum Gasteiger partial charge on any atom is 0.0921 e. The van der Waals surface area contributed by atoms with Crippen molar-refractivity contribution in [2.24, 2.45) is 5.92 Å². The molecule has 2 heterocycles. The standard InChI is InChI=1S/C13H15N3/c1-2-11-6-10(3-4-13(11)15-5-1)7-12-8-14-9-16-12/h1-2,5,8-10H,3-4,6-7H2,(H,14,16)/t10-/m0/s1. The minimum absolute atomic E-state index is 0.733. The molecule has 0 bridgehead atoms. The number of rotatable bonds is 2. The van der Waals surface area contributed by atoms with E-state index in [-0.39, 0.29) is 0 Å². The number of pyridine rings is 1. The average Bonchev–Trinajstić information content (AvgIpc) is 2.82. The Balaban J connectivity index is 1.73. The molecule has 0 radical (unpaired) electrons. The van der Waals surface area contributed by atoms with Gasteiger partial charge in [-0.2, -0.15) is 0 Å². The lowest BCUT2D eigenvalue weighted by atomic mass is 9.84. The van der Waals surface area contributed by atoms with E-state index in [2.05, 4.69) is 21.0 Å². The van der Waals surface area contributed by atoms with Gasteiger partial charge >= 0.3 is 0 Å². The van der Waals surface area contributed by atoms with Crippen molar-refractivity contribution in [2.75, 3.05) is 0 Å². The Morgan fingerprint density at radius 1 is 1.44 bits per heavy atom. The zero-order valence-electron chi connectivity index (χ0n) is 9.19. The van der Waals surface area contributed by atoms with Gasteiger partial charge < -0.3 is 4.98 Å². The first-order valence-corrected chi connectivity index (χ1v) is 5.82. The molecule has 3 rings (SSSR count). The van der Waals surface area contributed by atoms with Crippen LogP contribution in [0.5, 0.6) is 0 Å². The fourth-order valence-corrected chi connectivity index (χ4v) is 2.52. The van der Waals surface area contributed by atoms with Crippen LogP contribution >= 0.6 is 0 Å². The van der Waals surface area contributed by atoms with Crippen molar-refractivity contribution < 1.29 is 0 Å². The Morgan fingerprint density at radius 3 is 3.31 bits per heavy atom. The molecule has 2 aromatic rings. The fraction of sp³-hybridized carbons (Fsp3) is 0.385. The zero-order chi connectivity index (χ0) is 10.8. The molecule has 0 aromatic carbocycles. The second-order valence-corrected chi connectivity index (χ2v) is 4.50. The van der Waals surface area contributed by atoms with Gasteiger partial charge in [0.25, 0.3) is 0 Å². The Labute approximate surface area is 95.0 Å². The molecule has 16 heavy (non-hydrogen) atoms. The highest BCUT2D eigenvalue weighted by molar-refractivity contribution is 5.23. The number of nitrogens with one attached hydrogen (secondary N) is 1. The largest absolute Gasteiger partial charge is 0.348 e. The van der Waals surface area contributed by atoms with E-state index in [9.17, 15) is 0 Å². The Morgan fingerprint density at radius 2 is 2.44 bits per heavy atom. The minimum atomic E-state index is 0.733. The van der Waals surface area contributed by atoms with Crippen molar-refractivity contribution in [2.45, 2.75) is 25.7 Å². The molecule has 1 atom stereocenters. The molecule has 0 spiro atoms. The molecule has 0 aliphatic heterocycles. The van der Waals surface area contributed by atoms with Crippen LogP contribution in [0.4, 0.5) is 0 Å². The maximum atomic E-state index is 4.43. The van der Waals surface area contributed by atoms with Crippen LogP contribution in [-0.4, -0.2) is 15.0 Å². The van der Waals surface area contributed by atoms with Crippen molar-refractivity contribution in [3.8, 4) is 0 Å². The lowest BCUT2D eigenvalue weighted by Gasteiger charge is -2.23. The molecular formula is C13H15N3. The number of hydrogen-bond acceptors (Lipinski definition) is 2. The molecule has 0 saturated heterocycles. The summed E-state index contributed by atoms with van der Waals surface area (Å²) < 4.78 is 0. The first-order valence-electron chi connectivity index (χ1n) is 5.82. The van der Waals surface area contributed by atoms with Gasteiger partial charge in [-0.3, -0.25) is 4.98 Å². The SMILES string of the molecule is c1cnc2c(c1)C[C@@H](Cc1cnc[nH]1)CC2. The maximum absolute atomic E-state index is 4.43. The summed E-state index contributed by atoms with van der Waals surface area (Å²) in [5.74, 6) is 0.733. The number of nitrogens with zero attached hydrogens (tertiary/aromatic N) is 2. The lowest BCUT2D eigenvalue weighted by molar-refractivity contribution is 0.447. The van der Waals surface area contributed by atoms with E-state index in [1.54, 1.807) is 6.33 Å². The van der Waals surface area contributed by atoms with E-state index in [0.29, 0.717) is 0 Å². The summed E-state index contributed by atoms with van der Waals surface area (Å²) in [6.07, 6.45) is 10.2. The van der Waals surface area contributed by atoms with E-state index in [1.807, 2.05) is 18.5 Å². The summed E-state index contributed by atoms with van der Waals surface area (Å²) in [6.45, 7) is 0. The third-order valence-electron chi connectivity index (χ3n) is 3.35. The third-order valence-corrected chi connectivity index (χ3v) is 3.35. The van der Waals surface area contributed by atoms with Gasteiger partial charge in [-0.25, -0.2) is 4.98 Å². The molecule has 1 aliphatic rings. The molecule has 0 saturated carbocycles. The smallest absolute Gasteiger partial charge is 0.0921 e. The summed E-state index contributed by atoms with van der Waals surface area (Å²) in [7, 11) is 0. The van der Waals surface area contributed by atoms with Gasteiger partial charge in [0, 0.05) is 23.8 Å². The number of aryl methyl sites for hydroxylation is 1. The topological polar surface area (TPSA) is 41.6 Å². The van der Waals surface area contributed by atoms with Crippen molar-refractivity contribution >= 4 is 0 Å². The number of fused-ring (bicyclic) bond motifs is 1. The van der Waals surface area contributed by atoms with Crippen molar-refractivity contribution in [3.05, 3.63) is 47.8 Å². The van der Waals surface area contributed by atoms with Gasteiger partial charge in [0.05, 0.1) is 6.33 Å². The third kappa shape index (κ3) is 1.85. The van der Waals surface area contributed by atoms with E-state index >= 15 is 0 Å². The molecule has 0 unspecified atom stereocenters.